The fraction of sp³-hybridized carbons (Fsp3) is 0.333. The van der Waals surface area contributed by atoms with Gasteiger partial charge in [-0.15, -0.1) is 11.3 Å². The van der Waals surface area contributed by atoms with Crippen LogP contribution in [-0.4, -0.2) is 18.9 Å². The summed E-state index contributed by atoms with van der Waals surface area (Å²) in [7, 11) is 1.80. The third-order valence-corrected chi connectivity index (χ3v) is 5.22. The lowest BCUT2D eigenvalue weighted by molar-refractivity contribution is -0.122. The Labute approximate surface area is 140 Å². The summed E-state index contributed by atoms with van der Waals surface area (Å²) in [6.45, 7) is 4.36. The molecule has 1 N–H and O–H groups in total. The quantitative estimate of drug-likeness (QED) is 0.938. The number of nitrogens with one attached hydrogen (secondary N) is 1. The molecule has 0 fully saturated rings. The molecule has 0 atom stereocenters. The molecule has 0 spiro atoms. The number of carbonyl (C=O) groups is 2. The van der Waals surface area contributed by atoms with Crippen molar-refractivity contribution in [3.05, 3.63) is 51.7 Å². The summed E-state index contributed by atoms with van der Waals surface area (Å²) >= 11 is 1.59. The van der Waals surface area contributed by atoms with Crippen molar-refractivity contribution in [3.63, 3.8) is 0 Å². The van der Waals surface area contributed by atoms with Gasteiger partial charge in [-0.1, -0.05) is 18.2 Å². The van der Waals surface area contributed by atoms with Gasteiger partial charge in [0.15, 0.2) is 0 Å². The largest absolute Gasteiger partial charge is 0.352 e. The zero-order valence-corrected chi connectivity index (χ0v) is 14.4. The van der Waals surface area contributed by atoms with Crippen LogP contribution >= 0.6 is 11.3 Å². The third kappa shape index (κ3) is 2.88. The molecular formula is C18H20N2O2S. The Kier molecular flexibility index (Phi) is 3.98. The van der Waals surface area contributed by atoms with Crippen molar-refractivity contribution in [3.8, 4) is 0 Å². The maximum atomic E-state index is 12.3. The Bertz CT molecular complexity index is 750. The second-order valence-electron chi connectivity index (χ2n) is 6.37. The second-order valence-corrected chi connectivity index (χ2v) is 7.41. The number of anilines is 1. The van der Waals surface area contributed by atoms with E-state index in [1.54, 1.807) is 23.3 Å². The highest BCUT2D eigenvalue weighted by molar-refractivity contribution is 7.10. The standard InChI is InChI=1S/C18H20N2O2S/c1-18(2)14-9-12(6-7-15(14)20(3)17(18)22)11-19-16(21)10-13-5-4-8-23-13/h4-9H,10-11H2,1-3H3,(H,19,21). The Hall–Kier alpha value is -2.14. The number of amides is 2. The van der Waals surface area contributed by atoms with Gasteiger partial charge in [0.2, 0.25) is 11.8 Å². The van der Waals surface area contributed by atoms with E-state index in [1.807, 2.05) is 49.6 Å². The normalized spacial score (nSPS) is 15.6. The molecule has 3 rings (SSSR count). The number of hydrogen-bond acceptors (Lipinski definition) is 3. The van der Waals surface area contributed by atoms with Crippen molar-refractivity contribution >= 4 is 28.8 Å². The molecule has 0 unspecified atom stereocenters. The van der Waals surface area contributed by atoms with Crippen LogP contribution in [0.4, 0.5) is 5.69 Å². The van der Waals surface area contributed by atoms with Crippen LogP contribution in [0.2, 0.25) is 0 Å². The minimum atomic E-state index is -0.513. The van der Waals surface area contributed by atoms with Crippen LogP contribution in [0, 0.1) is 0 Å². The highest BCUT2D eigenvalue weighted by Gasteiger charge is 2.42. The van der Waals surface area contributed by atoms with Crippen LogP contribution in [0.3, 0.4) is 0 Å². The fourth-order valence-electron chi connectivity index (χ4n) is 2.96. The molecule has 2 aromatic rings. The van der Waals surface area contributed by atoms with E-state index in [1.165, 1.54) is 0 Å². The third-order valence-electron chi connectivity index (χ3n) is 4.34. The molecule has 0 saturated carbocycles. The molecule has 1 aliphatic rings. The van der Waals surface area contributed by atoms with Crippen LogP contribution in [0.1, 0.15) is 29.9 Å². The first-order valence-electron chi connectivity index (χ1n) is 7.60. The molecule has 0 aliphatic carbocycles. The lowest BCUT2D eigenvalue weighted by atomic mass is 9.85. The van der Waals surface area contributed by atoms with Crippen molar-refractivity contribution in [2.45, 2.75) is 32.2 Å². The predicted molar refractivity (Wildman–Crippen MR) is 92.7 cm³/mol. The molecule has 1 aromatic carbocycles. The Morgan fingerprint density at radius 2 is 2.09 bits per heavy atom. The highest BCUT2D eigenvalue weighted by Crippen LogP contribution is 2.40. The van der Waals surface area contributed by atoms with E-state index >= 15 is 0 Å². The Morgan fingerprint density at radius 1 is 1.30 bits per heavy atom. The van der Waals surface area contributed by atoms with Gasteiger partial charge in [0.1, 0.15) is 0 Å². The van der Waals surface area contributed by atoms with Gasteiger partial charge in [0, 0.05) is 24.2 Å². The van der Waals surface area contributed by atoms with Gasteiger partial charge in [-0.2, -0.15) is 0 Å². The summed E-state index contributed by atoms with van der Waals surface area (Å²) in [6, 6.07) is 9.87. The molecule has 1 aromatic heterocycles. The zero-order valence-electron chi connectivity index (χ0n) is 13.6. The topological polar surface area (TPSA) is 49.4 Å². The van der Waals surface area contributed by atoms with E-state index in [9.17, 15) is 9.59 Å². The van der Waals surface area contributed by atoms with Crippen LogP contribution in [0.5, 0.6) is 0 Å². The maximum Gasteiger partial charge on any atom is 0.236 e. The molecule has 2 heterocycles. The minimum absolute atomic E-state index is 0.0143. The van der Waals surface area contributed by atoms with Gasteiger partial charge in [-0.3, -0.25) is 9.59 Å². The smallest absolute Gasteiger partial charge is 0.236 e. The van der Waals surface area contributed by atoms with Gasteiger partial charge in [-0.25, -0.2) is 0 Å². The average molecular weight is 328 g/mol. The number of benzene rings is 1. The molecule has 2 amide bonds. The lowest BCUT2D eigenvalue weighted by Gasteiger charge is -2.16. The van der Waals surface area contributed by atoms with E-state index in [0.29, 0.717) is 13.0 Å². The molecular weight excluding hydrogens is 308 g/mol. The van der Waals surface area contributed by atoms with Crippen molar-refractivity contribution in [1.82, 2.24) is 5.32 Å². The van der Waals surface area contributed by atoms with Gasteiger partial charge >= 0.3 is 0 Å². The highest BCUT2D eigenvalue weighted by atomic mass is 32.1. The van der Waals surface area contributed by atoms with Gasteiger partial charge in [0.25, 0.3) is 0 Å². The number of nitrogens with zero attached hydrogens (tertiary/aromatic N) is 1. The van der Waals surface area contributed by atoms with Crippen LogP contribution in [0.15, 0.2) is 35.7 Å². The number of hydrogen-bond donors (Lipinski definition) is 1. The molecule has 5 heteroatoms. The van der Waals surface area contributed by atoms with Crippen molar-refractivity contribution < 1.29 is 9.59 Å². The van der Waals surface area contributed by atoms with E-state index in [0.717, 1.165) is 21.7 Å². The molecule has 120 valence electrons. The number of rotatable bonds is 4. The van der Waals surface area contributed by atoms with Gasteiger partial charge < -0.3 is 10.2 Å². The van der Waals surface area contributed by atoms with E-state index < -0.39 is 5.41 Å². The van der Waals surface area contributed by atoms with E-state index in [-0.39, 0.29) is 11.8 Å². The summed E-state index contributed by atoms with van der Waals surface area (Å²) in [6.07, 6.45) is 0.412. The van der Waals surface area contributed by atoms with Crippen molar-refractivity contribution in [1.29, 1.82) is 0 Å². The minimum Gasteiger partial charge on any atom is -0.352 e. The number of likely N-dealkylation sites (N-methyl/N-ethyl adjacent to an activating group) is 1. The van der Waals surface area contributed by atoms with Crippen molar-refractivity contribution in [2.24, 2.45) is 0 Å². The average Bonchev–Trinajstić information content (AvgIpc) is 3.08. The first-order valence-corrected chi connectivity index (χ1v) is 8.48. The first kappa shape index (κ1) is 15.7. The summed E-state index contributed by atoms with van der Waals surface area (Å²) in [5.74, 6) is 0.117. The van der Waals surface area contributed by atoms with E-state index in [2.05, 4.69) is 5.32 Å². The van der Waals surface area contributed by atoms with Crippen molar-refractivity contribution in [2.75, 3.05) is 11.9 Å². The monoisotopic (exact) mass is 328 g/mol. The summed E-state index contributed by atoms with van der Waals surface area (Å²) < 4.78 is 0. The zero-order chi connectivity index (χ0) is 16.6. The van der Waals surface area contributed by atoms with Gasteiger partial charge in [-0.05, 0) is 42.5 Å². The number of carbonyl (C=O) groups excluding carboxylic acids is 2. The SMILES string of the molecule is CN1C(=O)C(C)(C)c2cc(CNC(=O)Cc3cccs3)ccc21. The van der Waals surface area contributed by atoms with Gasteiger partial charge in [0.05, 0.1) is 11.8 Å². The summed E-state index contributed by atoms with van der Waals surface area (Å²) in [5, 5.41) is 4.92. The fourth-order valence-corrected chi connectivity index (χ4v) is 3.67. The molecule has 23 heavy (non-hydrogen) atoms. The summed E-state index contributed by atoms with van der Waals surface area (Å²) in [4.78, 5) is 27.0. The number of fused-ring (bicyclic) bond motifs is 1. The number of thiophene rings is 1. The maximum absolute atomic E-state index is 12.3. The lowest BCUT2D eigenvalue weighted by Crippen LogP contribution is -2.33. The van der Waals surface area contributed by atoms with E-state index in [4.69, 9.17) is 0 Å². The predicted octanol–water partition coefficient (Wildman–Crippen LogP) is 2.86. The molecule has 4 nitrogen and oxygen atoms in total. The van der Waals surface area contributed by atoms with Crippen LogP contribution < -0.4 is 10.2 Å². The summed E-state index contributed by atoms with van der Waals surface area (Å²) in [5.41, 5.74) is 2.48. The van der Waals surface area contributed by atoms with Crippen LogP contribution in [0.25, 0.3) is 0 Å². The molecule has 1 aliphatic heterocycles. The Morgan fingerprint density at radius 3 is 2.78 bits per heavy atom. The Balaban J connectivity index is 1.70. The second kappa shape index (κ2) is 5.81. The van der Waals surface area contributed by atoms with Crippen LogP contribution in [-0.2, 0) is 28.0 Å². The first-order chi connectivity index (χ1) is 10.9. The molecule has 0 saturated heterocycles. The molecule has 0 bridgehead atoms. The molecule has 0 radical (unpaired) electrons.